The molecule has 0 spiro atoms. The molecule has 0 saturated heterocycles. The number of carboxylic acids is 2. The summed E-state index contributed by atoms with van der Waals surface area (Å²) in [7, 11) is 0. The van der Waals surface area contributed by atoms with Crippen molar-refractivity contribution in [2.75, 3.05) is 5.75 Å². The van der Waals surface area contributed by atoms with Gasteiger partial charge in [0.1, 0.15) is 0 Å². The van der Waals surface area contributed by atoms with Gasteiger partial charge in [-0.2, -0.15) is 11.8 Å². The minimum Gasteiger partial charge on any atom is -0.481 e. The zero-order chi connectivity index (χ0) is 31.6. The maximum Gasteiger partial charge on any atom is 0.307 e. The lowest BCUT2D eigenvalue weighted by atomic mass is 9.93. The first-order valence-electron chi connectivity index (χ1n) is 19.1. The fraction of sp³-hybridized carbons (Fsp3) is 0.947. The van der Waals surface area contributed by atoms with Gasteiger partial charge in [-0.1, -0.05) is 194 Å². The van der Waals surface area contributed by atoms with Crippen LogP contribution in [0, 0.1) is 5.92 Å². The van der Waals surface area contributed by atoms with Crippen molar-refractivity contribution >= 4 is 23.7 Å². The molecule has 4 nitrogen and oxygen atoms in total. The summed E-state index contributed by atoms with van der Waals surface area (Å²) in [5.74, 6) is -1.31. The molecule has 43 heavy (non-hydrogen) atoms. The summed E-state index contributed by atoms with van der Waals surface area (Å²) < 4.78 is 0. The second kappa shape index (κ2) is 34.2. The van der Waals surface area contributed by atoms with Crippen LogP contribution in [0.3, 0.4) is 0 Å². The maximum absolute atomic E-state index is 12.2. The summed E-state index contributed by atoms with van der Waals surface area (Å²) >= 11 is 1.60. The third-order valence-corrected chi connectivity index (χ3v) is 10.6. The lowest BCUT2D eigenvalue weighted by Gasteiger charge is -2.24. The second-order valence-corrected chi connectivity index (χ2v) is 14.6. The smallest absolute Gasteiger partial charge is 0.307 e. The normalized spacial score (nSPS) is 12.9. The standard InChI is InChI=1S/C38H74O4S/c1-3-5-7-9-11-13-15-17-19-21-23-25-27-29-31-35(38(41)42)36(43-34-33-37(39)40)32-30-28-26-24-22-20-18-16-14-12-10-8-6-4-2/h35-36H,3-34H2,1-2H3,(H,39,40)(H,41,42). The molecule has 0 aromatic rings. The molecule has 0 aliphatic rings. The van der Waals surface area contributed by atoms with Crippen LogP contribution in [0.4, 0.5) is 0 Å². The Bertz CT molecular complexity index is 596. The molecule has 5 heteroatoms. The topological polar surface area (TPSA) is 74.6 Å². The molecular weight excluding hydrogens is 552 g/mol. The number of hydrogen-bond acceptors (Lipinski definition) is 3. The van der Waals surface area contributed by atoms with Gasteiger partial charge in [-0.25, -0.2) is 0 Å². The number of carboxylic acid groups (broad SMARTS) is 2. The molecule has 0 amide bonds. The average Bonchev–Trinajstić information content (AvgIpc) is 2.98. The molecule has 0 aromatic carbocycles. The van der Waals surface area contributed by atoms with Crippen LogP contribution in [0.5, 0.6) is 0 Å². The molecule has 2 unspecified atom stereocenters. The van der Waals surface area contributed by atoms with Gasteiger partial charge < -0.3 is 10.2 Å². The number of aliphatic carboxylic acids is 2. The van der Waals surface area contributed by atoms with Crippen molar-refractivity contribution in [1.29, 1.82) is 0 Å². The molecule has 0 radical (unpaired) electrons. The van der Waals surface area contributed by atoms with Crippen LogP contribution in [0.15, 0.2) is 0 Å². The van der Waals surface area contributed by atoms with Crippen LogP contribution in [-0.4, -0.2) is 33.2 Å². The minimum atomic E-state index is -0.790. The molecule has 0 aromatic heterocycles. The summed E-state index contributed by atoms with van der Waals surface area (Å²) in [6, 6.07) is 0. The lowest BCUT2D eigenvalue weighted by Crippen LogP contribution is -2.26. The molecule has 0 rings (SSSR count). The van der Waals surface area contributed by atoms with E-state index in [0.29, 0.717) is 5.75 Å². The van der Waals surface area contributed by atoms with E-state index in [1.54, 1.807) is 11.8 Å². The van der Waals surface area contributed by atoms with Gasteiger partial charge in [0.2, 0.25) is 0 Å². The number of unbranched alkanes of at least 4 members (excludes halogenated alkanes) is 26. The van der Waals surface area contributed by atoms with Crippen LogP contribution in [0.1, 0.15) is 213 Å². The predicted molar refractivity (Wildman–Crippen MR) is 189 cm³/mol. The van der Waals surface area contributed by atoms with Crippen LogP contribution in [0.25, 0.3) is 0 Å². The van der Waals surface area contributed by atoms with E-state index >= 15 is 0 Å². The number of hydrogen-bond donors (Lipinski definition) is 2. The highest BCUT2D eigenvalue weighted by Gasteiger charge is 2.27. The monoisotopic (exact) mass is 627 g/mol. The van der Waals surface area contributed by atoms with Crippen LogP contribution in [-0.2, 0) is 9.59 Å². The SMILES string of the molecule is CCCCCCCCCCCCCCCCC(SCCC(=O)O)C(CCCCCCCCCCCCCCCC)C(=O)O. The first-order chi connectivity index (χ1) is 21.0. The van der Waals surface area contributed by atoms with E-state index in [2.05, 4.69) is 13.8 Å². The number of carbonyl (C=O) groups is 2. The molecule has 256 valence electrons. The van der Waals surface area contributed by atoms with E-state index < -0.39 is 11.9 Å². The van der Waals surface area contributed by atoms with Crippen LogP contribution in [0.2, 0.25) is 0 Å². The van der Waals surface area contributed by atoms with Gasteiger partial charge in [0, 0.05) is 11.0 Å². The van der Waals surface area contributed by atoms with Crippen molar-refractivity contribution in [3.05, 3.63) is 0 Å². The summed E-state index contributed by atoms with van der Waals surface area (Å²) in [5.41, 5.74) is 0. The number of thioether (sulfide) groups is 1. The highest BCUT2D eigenvalue weighted by atomic mass is 32.2. The Balaban J connectivity index is 4.07. The third-order valence-electron chi connectivity index (χ3n) is 9.12. The Hall–Kier alpha value is -0.710. The van der Waals surface area contributed by atoms with E-state index in [0.717, 1.165) is 32.1 Å². The van der Waals surface area contributed by atoms with Crippen molar-refractivity contribution in [2.24, 2.45) is 5.92 Å². The van der Waals surface area contributed by atoms with Gasteiger partial charge in [0.25, 0.3) is 0 Å². The summed E-state index contributed by atoms with van der Waals surface area (Å²) in [5, 5.41) is 19.2. The van der Waals surface area contributed by atoms with Crippen molar-refractivity contribution in [2.45, 2.75) is 218 Å². The van der Waals surface area contributed by atoms with Crippen LogP contribution < -0.4 is 0 Å². The Morgan fingerprint density at radius 3 is 1.07 bits per heavy atom. The maximum atomic E-state index is 12.2. The van der Waals surface area contributed by atoms with Gasteiger partial charge in [-0.05, 0) is 12.8 Å². The molecule has 2 atom stereocenters. The van der Waals surface area contributed by atoms with Crippen molar-refractivity contribution < 1.29 is 19.8 Å². The van der Waals surface area contributed by atoms with Crippen molar-refractivity contribution in [1.82, 2.24) is 0 Å². The van der Waals surface area contributed by atoms with Gasteiger partial charge >= 0.3 is 11.9 Å². The second-order valence-electron chi connectivity index (χ2n) is 13.3. The summed E-state index contributed by atoms with van der Waals surface area (Å²) in [6.07, 6.45) is 38.5. The summed E-state index contributed by atoms with van der Waals surface area (Å²) in [6.45, 7) is 4.54. The lowest BCUT2D eigenvalue weighted by molar-refractivity contribution is -0.142. The molecule has 0 fully saturated rings. The number of rotatable bonds is 36. The van der Waals surface area contributed by atoms with Crippen LogP contribution >= 0.6 is 11.8 Å². The van der Waals surface area contributed by atoms with E-state index in [1.807, 2.05) is 0 Å². The van der Waals surface area contributed by atoms with E-state index in [-0.39, 0.29) is 17.6 Å². The average molecular weight is 627 g/mol. The summed E-state index contributed by atoms with van der Waals surface area (Å²) in [4.78, 5) is 23.3. The zero-order valence-electron chi connectivity index (χ0n) is 28.9. The highest BCUT2D eigenvalue weighted by molar-refractivity contribution is 7.99. The Morgan fingerprint density at radius 2 is 0.767 bits per heavy atom. The fourth-order valence-corrected chi connectivity index (χ4v) is 7.68. The molecule has 2 N–H and O–H groups in total. The van der Waals surface area contributed by atoms with E-state index in [9.17, 15) is 14.7 Å². The van der Waals surface area contributed by atoms with Gasteiger partial charge in [-0.15, -0.1) is 0 Å². The quantitative estimate of drug-likeness (QED) is 0.0677. The van der Waals surface area contributed by atoms with Gasteiger partial charge in [0.05, 0.1) is 12.3 Å². The Morgan fingerprint density at radius 1 is 0.465 bits per heavy atom. The Kier molecular flexibility index (Phi) is 33.6. The highest BCUT2D eigenvalue weighted by Crippen LogP contribution is 2.30. The third kappa shape index (κ3) is 31.1. The molecule has 0 aliphatic heterocycles. The van der Waals surface area contributed by atoms with E-state index in [1.165, 1.54) is 161 Å². The van der Waals surface area contributed by atoms with Gasteiger partial charge in [-0.3, -0.25) is 9.59 Å². The van der Waals surface area contributed by atoms with Crippen molar-refractivity contribution in [3.8, 4) is 0 Å². The molecule has 0 saturated carbocycles. The largest absolute Gasteiger partial charge is 0.481 e. The van der Waals surface area contributed by atoms with E-state index in [4.69, 9.17) is 5.11 Å². The molecule has 0 aliphatic carbocycles. The molecular formula is C38H74O4S. The predicted octanol–water partition coefficient (Wildman–Crippen LogP) is 13.0. The van der Waals surface area contributed by atoms with Crippen molar-refractivity contribution in [3.63, 3.8) is 0 Å². The fourth-order valence-electron chi connectivity index (χ4n) is 6.27. The van der Waals surface area contributed by atoms with Gasteiger partial charge in [0.15, 0.2) is 0 Å². The Labute approximate surface area is 272 Å². The molecule has 0 bridgehead atoms. The molecule has 0 heterocycles. The first-order valence-corrected chi connectivity index (χ1v) is 20.1. The zero-order valence-corrected chi connectivity index (χ0v) is 29.7. The first kappa shape index (κ1) is 42.3. The minimum absolute atomic E-state index is 0.0381.